The number of rotatable bonds is 5. The van der Waals surface area contributed by atoms with E-state index >= 15 is 0 Å². The molecule has 2 heterocycles. The van der Waals surface area contributed by atoms with E-state index in [2.05, 4.69) is 15.2 Å². The fraction of sp³-hybridized carbons (Fsp3) is 0.261. The molecular weight excluding hydrogens is 428 g/mol. The normalized spacial score (nSPS) is 14.6. The Kier molecular flexibility index (Phi) is 6.36. The maximum absolute atomic E-state index is 13.1. The summed E-state index contributed by atoms with van der Waals surface area (Å²) in [5, 5.41) is 8.97. The monoisotopic (exact) mass is 450 g/mol. The second-order valence-electron chi connectivity index (χ2n) is 6.95. The number of ether oxygens (including phenoxy) is 2. The first-order chi connectivity index (χ1) is 15.5. The zero-order valence-corrected chi connectivity index (χ0v) is 18.8. The number of amides is 1. The lowest BCUT2D eigenvalue weighted by Crippen LogP contribution is -2.37. The highest BCUT2D eigenvalue weighted by atomic mass is 32.2. The van der Waals surface area contributed by atoms with E-state index in [4.69, 9.17) is 9.47 Å². The lowest BCUT2D eigenvalue weighted by Gasteiger charge is -2.30. The molecule has 1 atom stereocenters. The summed E-state index contributed by atoms with van der Waals surface area (Å²) >= 11 is 1.35. The molecule has 9 heteroatoms. The van der Waals surface area contributed by atoms with Crippen LogP contribution in [0.2, 0.25) is 0 Å². The minimum absolute atomic E-state index is 0.116. The van der Waals surface area contributed by atoms with Crippen molar-refractivity contribution >= 4 is 29.3 Å². The van der Waals surface area contributed by atoms with Crippen LogP contribution in [0.4, 0.5) is 5.69 Å². The molecule has 0 radical (unpaired) electrons. The number of benzene rings is 2. The Labute approximate surface area is 190 Å². The molecule has 0 saturated carbocycles. The van der Waals surface area contributed by atoms with Crippen LogP contribution in [0, 0.1) is 0 Å². The third kappa shape index (κ3) is 4.16. The Balaban J connectivity index is 1.84. The number of anilines is 1. The van der Waals surface area contributed by atoms with E-state index in [-0.39, 0.29) is 24.7 Å². The van der Waals surface area contributed by atoms with Gasteiger partial charge in [-0.25, -0.2) is 0 Å². The van der Waals surface area contributed by atoms with Crippen LogP contribution in [0.3, 0.4) is 0 Å². The predicted molar refractivity (Wildman–Crippen MR) is 121 cm³/mol. The standard InChI is InChI=1S/C23H22N4O4S/c1-4-18(28)27-17-9-7-6-8-16(17)20-21(24-23(32-3)26-25-20)31-22(27)14-10-12-15(13-11-14)30-19(29)5-2/h6-13,22H,4-5H2,1-3H3/t22-/m0/s1. The van der Waals surface area contributed by atoms with Crippen LogP contribution in [-0.2, 0) is 9.59 Å². The van der Waals surface area contributed by atoms with Crippen LogP contribution in [0.15, 0.2) is 53.7 Å². The third-order valence-corrected chi connectivity index (χ3v) is 5.49. The van der Waals surface area contributed by atoms with Crippen molar-refractivity contribution < 1.29 is 19.1 Å². The van der Waals surface area contributed by atoms with Gasteiger partial charge in [-0.05, 0) is 36.6 Å². The predicted octanol–water partition coefficient (Wildman–Crippen LogP) is 4.41. The molecule has 3 aromatic rings. The molecule has 1 aromatic heterocycles. The van der Waals surface area contributed by atoms with E-state index in [0.717, 1.165) is 0 Å². The third-order valence-electron chi connectivity index (χ3n) is 4.95. The fourth-order valence-electron chi connectivity index (χ4n) is 3.36. The number of aromatic nitrogens is 3. The first-order valence-corrected chi connectivity index (χ1v) is 11.5. The molecule has 164 valence electrons. The smallest absolute Gasteiger partial charge is 0.310 e. The molecule has 0 spiro atoms. The highest BCUT2D eigenvalue weighted by Gasteiger charge is 2.35. The van der Waals surface area contributed by atoms with Gasteiger partial charge >= 0.3 is 5.97 Å². The van der Waals surface area contributed by atoms with Gasteiger partial charge in [0.05, 0.1) is 5.69 Å². The van der Waals surface area contributed by atoms with E-state index in [1.54, 1.807) is 43.0 Å². The average molecular weight is 451 g/mol. The van der Waals surface area contributed by atoms with Gasteiger partial charge in [0.2, 0.25) is 23.2 Å². The van der Waals surface area contributed by atoms with E-state index in [9.17, 15) is 9.59 Å². The minimum atomic E-state index is -0.785. The van der Waals surface area contributed by atoms with Crippen LogP contribution >= 0.6 is 11.8 Å². The van der Waals surface area contributed by atoms with Crippen LogP contribution in [-0.4, -0.2) is 33.3 Å². The number of nitrogens with zero attached hydrogens (tertiary/aromatic N) is 4. The highest BCUT2D eigenvalue weighted by Crippen LogP contribution is 2.43. The molecule has 2 aromatic carbocycles. The van der Waals surface area contributed by atoms with Gasteiger partial charge in [-0.1, -0.05) is 43.8 Å². The molecule has 0 bridgehead atoms. The lowest BCUT2D eigenvalue weighted by atomic mass is 10.1. The second kappa shape index (κ2) is 9.35. The molecule has 32 heavy (non-hydrogen) atoms. The molecule has 8 nitrogen and oxygen atoms in total. The number of carbonyl (C=O) groups is 2. The SMILES string of the molecule is CCC(=O)Oc1ccc([C@@H]2Oc3nc(SC)nnc3-c3ccccc3N2C(=O)CC)cc1. The maximum atomic E-state index is 13.1. The Bertz CT molecular complexity index is 1150. The van der Waals surface area contributed by atoms with E-state index < -0.39 is 6.23 Å². The van der Waals surface area contributed by atoms with Gasteiger partial charge in [0, 0.05) is 24.0 Å². The van der Waals surface area contributed by atoms with Gasteiger partial charge in [0.15, 0.2) is 5.69 Å². The van der Waals surface area contributed by atoms with Gasteiger partial charge < -0.3 is 9.47 Å². The van der Waals surface area contributed by atoms with Crippen LogP contribution < -0.4 is 14.4 Å². The summed E-state index contributed by atoms with van der Waals surface area (Å²) in [6.45, 7) is 3.54. The lowest BCUT2D eigenvalue weighted by molar-refractivity contribution is -0.134. The van der Waals surface area contributed by atoms with Crippen molar-refractivity contribution in [1.29, 1.82) is 0 Å². The molecule has 0 saturated heterocycles. The fourth-order valence-corrected chi connectivity index (χ4v) is 3.66. The summed E-state index contributed by atoms with van der Waals surface area (Å²) in [5.41, 5.74) is 2.56. The molecule has 0 unspecified atom stereocenters. The zero-order valence-electron chi connectivity index (χ0n) is 17.9. The van der Waals surface area contributed by atoms with Crippen molar-refractivity contribution in [1.82, 2.24) is 15.2 Å². The number of hydrogen-bond acceptors (Lipinski definition) is 8. The number of thioether (sulfide) groups is 1. The Morgan fingerprint density at radius 1 is 1.06 bits per heavy atom. The molecule has 0 N–H and O–H groups in total. The molecule has 1 aliphatic rings. The first kappa shape index (κ1) is 21.8. The number of esters is 1. The number of fused-ring (bicyclic) bond motifs is 3. The summed E-state index contributed by atoms with van der Waals surface area (Å²) in [7, 11) is 0. The van der Waals surface area contributed by atoms with Crippen LogP contribution in [0.1, 0.15) is 38.5 Å². The zero-order chi connectivity index (χ0) is 22.7. The molecule has 4 rings (SSSR count). The maximum Gasteiger partial charge on any atom is 0.310 e. The van der Waals surface area contributed by atoms with Gasteiger partial charge in [-0.15, -0.1) is 10.2 Å². The van der Waals surface area contributed by atoms with Crippen molar-refractivity contribution in [2.24, 2.45) is 0 Å². The van der Waals surface area contributed by atoms with E-state index in [1.807, 2.05) is 30.5 Å². The summed E-state index contributed by atoms with van der Waals surface area (Å²) in [5.74, 6) is 0.294. The van der Waals surface area contributed by atoms with E-state index in [1.165, 1.54) is 11.8 Å². The van der Waals surface area contributed by atoms with Gasteiger partial charge in [-0.2, -0.15) is 4.98 Å². The summed E-state index contributed by atoms with van der Waals surface area (Å²) < 4.78 is 11.6. The van der Waals surface area contributed by atoms with E-state index in [0.29, 0.717) is 39.3 Å². The van der Waals surface area contributed by atoms with Gasteiger partial charge in [0.25, 0.3) is 0 Å². The number of carbonyl (C=O) groups excluding carboxylic acids is 2. The van der Waals surface area contributed by atoms with Crippen molar-refractivity contribution in [3.8, 4) is 22.9 Å². The average Bonchev–Trinajstić information content (AvgIpc) is 2.98. The second-order valence-corrected chi connectivity index (χ2v) is 7.73. The van der Waals surface area contributed by atoms with Crippen molar-refractivity contribution in [3.05, 3.63) is 54.1 Å². The molecule has 0 fully saturated rings. The van der Waals surface area contributed by atoms with Crippen molar-refractivity contribution in [2.75, 3.05) is 11.2 Å². The first-order valence-electron chi connectivity index (χ1n) is 10.2. The molecular formula is C23H22N4O4S. The largest absolute Gasteiger partial charge is 0.447 e. The topological polar surface area (TPSA) is 94.5 Å². The Morgan fingerprint density at radius 2 is 1.81 bits per heavy atom. The van der Waals surface area contributed by atoms with Crippen LogP contribution in [0.5, 0.6) is 11.6 Å². The Morgan fingerprint density at radius 3 is 2.50 bits per heavy atom. The van der Waals surface area contributed by atoms with Crippen molar-refractivity contribution in [2.45, 2.75) is 38.1 Å². The number of para-hydroxylation sites is 1. The summed E-state index contributed by atoms with van der Waals surface area (Å²) in [6, 6.07) is 14.4. The van der Waals surface area contributed by atoms with Crippen molar-refractivity contribution in [3.63, 3.8) is 0 Å². The summed E-state index contributed by atoms with van der Waals surface area (Å²) in [4.78, 5) is 30.8. The highest BCUT2D eigenvalue weighted by molar-refractivity contribution is 7.98. The molecule has 0 aliphatic carbocycles. The minimum Gasteiger partial charge on any atom is -0.447 e. The quantitative estimate of drug-likeness (QED) is 0.320. The molecule has 1 aliphatic heterocycles. The number of hydrogen-bond donors (Lipinski definition) is 0. The Hall–Kier alpha value is -3.46. The van der Waals surface area contributed by atoms with Crippen LogP contribution in [0.25, 0.3) is 11.3 Å². The van der Waals surface area contributed by atoms with Gasteiger partial charge in [0.1, 0.15) is 5.75 Å². The van der Waals surface area contributed by atoms with Gasteiger partial charge in [-0.3, -0.25) is 14.5 Å². The summed E-state index contributed by atoms with van der Waals surface area (Å²) in [6.07, 6.45) is 1.64. The molecule has 1 amide bonds.